The van der Waals surface area contributed by atoms with Gasteiger partial charge in [0.1, 0.15) is 5.78 Å². The molecule has 0 N–H and O–H groups in total. The molecule has 1 atom stereocenters. The van der Waals surface area contributed by atoms with Crippen molar-refractivity contribution < 1.29 is 4.79 Å². The van der Waals surface area contributed by atoms with Crippen LogP contribution in [-0.2, 0) is 4.79 Å². The maximum Gasteiger partial charge on any atom is 0.133 e. The summed E-state index contributed by atoms with van der Waals surface area (Å²) in [5, 5.41) is 0. The first kappa shape index (κ1) is 10.5. The van der Waals surface area contributed by atoms with E-state index >= 15 is 0 Å². The molecule has 0 amide bonds. The monoisotopic (exact) mass is 180 g/mol. The van der Waals surface area contributed by atoms with Crippen LogP contribution in [-0.4, -0.2) is 5.78 Å². The van der Waals surface area contributed by atoms with Crippen LogP contribution in [0.5, 0.6) is 0 Å². The van der Waals surface area contributed by atoms with Gasteiger partial charge in [0, 0.05) is 5.92 Å². The lowest BCUT2D eigenvalue weighted by molar-refractivity contribution is -0.120. The van der Waals surface area contributed by atoms with E-state index in [-0.39, 0.29) is 0 Å². The second-order valence-corrected chi connectivity index (χ2v) is 5.06. The molecule has 1 nitrogen and oxygen atoms in total. The minimum absolute atomic E-state index is 0.293. The predicted molar refractivity (Wildman–Crippen MR) is 55.6 cm³/mol. The Morgan fingerprint density at radius 2 is 2.08 bits per heavy atom. The number of rotatable bonds is 1. The maximum absolute atomic E-state index is 11.1. The minimum atomic E-state index is 0.293. The fourth-order valence-corrected chi connectivity index (χ4v) is 1.88. The Kier molecular flexibility index (Phi) is 2.94. The number of Topliss-reactive ketones (excluding diaryl/α,β-unsaturated/α-hetero) is 1. The van der Waals surface area contributed by atoms with E-state index in [4.69, 9.17) is 0 Å². The fourth-order valence-electron chi connectivity index (χ4n) is 1.88. The average molecular weight is 180 g/mol. The Hall–Kier alpha value is -0.590. The van der Waals surface area contributed by atoms with Crippen molar-refractivity contribution in [2.24, 2.45) is 11.3 Å². The molecule has 0 aromatic carbocycles. The molecule has 0 spiro atoms. The Bertz CT molecular complexity index is 230. The molecule has 1 rings (SSSR count). The molecule has 0 fully saturated rings. The van der Waals surface area contributed by atoms with Gasteiger partial charge in [-0.05, 0) is 31.6 Å². The molecule has 1 aliphatic carbocycles. The topological polar surface area (TPSA) is 17.1 Å². The lowest BCUT2D eigenvalue weighted by Crippen LogP contribution is -2.19. The SMILES string of the molecule is CC(=O)C1CC=C(C(C)(C)C)CC1. The predicted octanol–water partition coefficient (Wildman–Crippen LogP) is 3.35. The zero-order valence-corrected chi connectivity index (χ0v) is 9.18. The highest BCUT2D eigenvalue weighted by molar-refractivity contribution is 5.78. The van der Waals surface area contributed by atoms with E-state index in [9.17, 15) is 4.79 Å². The van der Waals surface area contributed by atoms with Gasteiger partial charge in [-0.2, -0.15) is 0 Å². The van der Waals surface area contributed by atoms with Gasteiger partial charge in [-0.1, -0.05) is 32.4 Å². The highest BCUT2D eigenvalue weighted by Gasteiger charge is 2.24. The third kappa shape index (κ3) is 2.68. The van der Waals surface area contributed by atoms with Crippen LogP contribution >= 0.6 is 0 Å². The van der Waals surface area contributed by atoms with Crippen molar-refractivity contribution in [2.75, 3.05) is 0 Å². The van der Waals surface area contributed by atoms with E-state index in [0.29, 0.717) is 17.1 Å². The summed E-state index contributed by atoms with van der Waals surface area (Å²) in [7, 11) is 0. The molecule has 13 heavy (non-hydrogen) atoms. The summed E-state index contributed by atoms with van der Waals surface area (Å²) < 4.78 is 0. The van der Waals surface area contributed by atoms with Gasteiger partial charge in [0.25, 0.3) is 0 Å². The van der Waals surface area contributed by atoms with E-state index in [0.717, 1.165) is 19.3 Å². The lowest BCUT2D eigenvalue weighted by atomic mass is 9.77. The van der Waals surface area contributed by atoms with Crippen molar-refractivity contribution in [3.63, 3.8) is 0 Å². The average Bonchev–Trinajstić information content (AvgIpc) is 2.03. The van der Waals surface area contributed by atoms with Crippen LogP contribution in [0, 0.1) is 11.3 Å². The summed E-state index contributed by atoms with van der Waals surface area (Å²) in [5.41, 5.74) is 1.81. The van der Waals surface area contributed by atoms with Crippen LogP contribution in [0.15, 0.2) is 11.6 Å². The Morgan fingerprint density at radius 3 is 2.38 bits per heavy atom. The number of carbonyl (C=O) groups excluding carboxylic acids is 1. The van der Waals surface area contributed by atoms with Crippen LogP contribution in [0.2, 0.25) is 0 Å². The molecule has 1 aliphatic rings. The summed E-state index contributed by atoms with van der Waals surface area (Å²) >= 11 is 0. The zero-order chi connectivity index (χ0) is 10.1. The number of carbonyl (C=O) groups is 1. The molecule has 0 saturated carbocycles. The Morgan fingerprint density at radius 1 is 1.46 bits per heavy atom. The Balaban J connectivity index is 2.63. The van der Waals surface area contributed by atoms with Gasteiger partial charge in [0.15, 0.2) is 0 Å². The second kappa shape index (κ2) is 3.65. The van der Waals surface area contributed by atoms with E-state index in [1.165, 1.54) is 5.57 Å². The van der Waals surface area contributed by atoms with Gasteiger partial charge in [-0.3, -0.25) is 4.79 Å². The third-order valence-corrected chi connectivity index (χ3v) is 2.95. The van der Waals surface area contributed by atoms with Gasteiger partial charge >= 0.3 is 0 Å². The molecule has 74 valence electrons. The van der Waals surface area contributed by atoms with Crippen LogP contribution in [0.4, 0.5) is 0 Å². The fraction of sp³-hybridized carbons (Fsp3) is 0.750. The first-order valence-corrected chi connectivity index (χ1v) is 5.11. The smallest absolute Gasteiger partial charge is 0.133 e. The first-order valence-electron chi connectivity index (χ1n) is 5.11. The Labute approximate surface area is 81.2 Å². The van der Waals surface area contributed by atoms with Crippen LogP contribution in [0.1, 0.15) is 47.0 Å². The van der Waals surface area contributed by atoms with E-state index in [1.807, 2.05) is 0 Å². The van der Waals surface area contributed by atoms with Gasteiger partial charge in [0.2, 0.25) is 0 Å². The molecule has 0 aromatic heterocycles. The van der Waals surface area contributed by atoms with Crippen molar-refractivity contribution in [3.8, 4) is 0 Å². The first-order chi connectivity index (χ1) is 5.91. The van der Waals surface area contributed by atoms with Crippen LogP contribution in [0.3, 0.4) is 0 Å². The van der Waals surface area contributed by atoms with E-state index in [2.05, 4.69) is 26.8 Å². The summed E-state index contributed by atoms with van der Waals surface area (Å²) in [6.45, 7) is 8.44. The van der Waals surface area contributed by atoms with Gasteiger partial charge in [-0.25, -0.2) is 0 Å². The van der Waals surface area contributed by atoms with Gasteiger partial charge in [-0.15, -0.1) is 0 Å². The molecule has 0 aromatic rings. The number of allylic oxidation sites excluding steroid dienone is 2. The summed E-state index contributed by atoms with van der Waals surface area (Å²) in [4.78, 5) is 11.1. The highest BCUT2D eigenvalue weighted by Crippen LogP contribution is 2.35. The number of ketones is 1. The summed E-state index contributed by atoms with van der Waals surface area (Å²) in [5.74, 6) is 0.648. The van der Waals surface area contributed by atoms with E-state index in [1.54, 1.807) is 6.92 Å². The van der Waals surface area contributed by atoms with Gasteiger partial charge < -0.3 is 0 Å². The largest absolute Gasteiger partial charge is 0.300 e. The molecule has 1 unspecified atom stereocenters. The molecular weight excluding hydrogens is 160 g/mol. The highest BCUT2D eigenvalue weighted by atomic mass is 16.1. The summed E-state index contributed by atoms with van der Waals surface area (Å²) in [6, 6.07) is 0. The lowest BCUT2D eigenvalue weighted by Gasteiger charge is -2.28. The van der Waals surface area contributed by atoms with Gasteiger partial charge in [0.05, 0.1) is 0 Å². The van der Waals surface area contributed by atoms with Crippen LogP contribution < -0.4 is 0 Å². The standard InChI is InChI=1S/C12H20O/c1-9(13)10-5-7-11(8-6-10)12(2,3)4/h7,10H,5-6,8H2,1-4H3. The molecule has 0 radical (unpaired) electrons. The van der Waals surface area contributed by atoms with Crippen LogP contribution in [0.25, 0.3) is 0 Å². The maximum atomic E-state index is 11.1. The van der Waals surface area contributed by atoms with E-state index < -0.39 is 0 Å². The quantitative estimate of drug-likeness (QED) is 0.565. The molecule has 0 saturated heterocycles. The van der Waals surface area contributed by atoms with Crippen molar-refractivity contribution in [3.05, 3.63) is 11.6 Å². The van der Waals surface area contributed by atoms with Crippen molar-refractivity contribution in [1.82, 2.24) is 0 Å². The van der Waals surface area contributed by atoms with Crippen molar-refractivity contribution in [2.45, 2.75) is 47.0 Å². The van der Waals surface area contributed by atoms with Crippen molar-refractivity contribution in [1.29, 1.82) is 0 Å². The number of hydrogen-bond donors (Lipinski definition) is 0. The molecule has 0 heterocycles. The summed E-state index contributed by atoms with van der Waals surface area (Å²) in [6.07, 6.45) is 5.39. The zero-order valence-electron chi connectivity index (χ0n) is 9.18. The molecule has 0 bridgehead atoms. The molecule has 1 heteroatoms. The third-order valence-electron chi connectivity index (χ3n) is 2.95. The minimum Gasteiger partial charge on any atom is -0.300 e. The van der Waals surface area contributed by atoms with Crippen molar-refractivity contribution >= 4 is 5.78 Å². The number of hydrogen-bond acceptors (Lipinski definition) is 1. The second-order valence-electron chi connectivity index (χ2n) is 5.06. The normalized spacial score (nSPS) is 24.0. The molecule has 0 aliphatic heterocycles. The molecular formula is C12H20O.